The summed E-state index contributed by atoms with van der Waals surface area (Å²) in [6.45, 7) is 0.0775. The highest BCUT2D eigenvalue weighted by molar-refractivity contribution is 6.30. The molecule has 142 valence electrons. The van der Waals surface area contributed by atoms with Gasteiger partial charge < -0.3 is 15.4 Å². The second-order valence-electron chi connectivity index (χ2n) is 6.00. The van der Waals surface area contributed by atoms with Gasteiger partial charge in [-0.05, 0) is 54.6 Å². The van der Waals surface area contributed by atoms with Crippen LogP contribution in [0.2, 0.25) is 5.02 Å². The van der Waals surface area contributed by atoms with Gasteiger partial charge in [0, 0.05) is 22.5 Å². The van der Waals surface area contributed by atoms with E-state index < -0.39 is 0 Å². The van der Waals surface area contributed by atoms with Crippen molar-refractivity contribution in [3.05, 3.63) is 83.6 Å². The molecule has 2 amide bonds. The molecule has 2 N–H and O–H groups in total. The van der Waals surface area contributed by atoms with Crippen molar-refractivity contribution >= 4 is 34.8 Å². The zero-order valence-electron chi connectivity index (χ0n) is 15.2. The molecule has 28 heavy (non-hydrogen) atoms. The number of carbonyl (C=O) groups is 2. The lowest BCUT2D eigenvalue weighted by atomic mass is 10.2. The summed E-state index contributed by atoms with van der Waals surface area (Å²) in [7, 11) is 1.58. The van der Waals surface area contributed by atoms with Crippen LogP contribution in [0.25, 0.3) is 0 Å². The summed E-state index contributed by atoms with van der Waals surface area (Å²) in [6.07, 6.45) is 3.35. The number of amides is 2. The first-order valence-corrected chi connectivity index (χ1v) is 8.91. The first kappa shape index (κ1) is 19.4. The number of ether oxygens (including phenoxy) is 1. The summed E-state index contributed by atoms with van der Waals surface area (Å²) < 4.78 is 6.74. The van der Waals surface area contributed by atoms with Gasteiger partial charge in [0.05, 0.1) is 7.11 Å². The molecule has 3 rings (SSSR count). The number of hydrogen-bond donors (Lipinski definition) is 2. The van der Waals surface area contributed by atoms with Crippen LogP contribution in [0.4, 0.5) is 11.4 Å². The van der Waals surface area contributed by atoms with Crippen molar-refractivity contribution in [2.24, 2.45) is 0 Å². The van der Waals surface area contributed by atoms with Gasteiger partial charge in [0.25, 0.3) is 11.8 Å². The molecule has 1 aromatic heterocycles. The summed E-state index contributed by atoms with van der Waals surface area (Å²) in [6, 6.07) is 17.3. The minimum atomic E-state index is -0.271. The fourth-order valence-corrected chi connectivity index (χ4v) is 2.66. The smallest absolute Gasteiger partial charge is 0.290 e. The summed E-state index contributed by atoms with van der Waals surface area (Å²) in [4.78, 5) is 24.7. The maximum absolute atomic E-state index is 12.4. The molecule has 0 spiro atoms. The molecule has 0 aliphatic rings. The molecule has 0 radical (unpaired) electrons. The molecule has 0 unspecified atom stereocenters. The molecular weight excluding hydrogens is 378 g/mol. The van der Waals surface area contributed by atoms with Gasteiger partial charge in [-0.3, -0.25) is 9.59 Å². The molecule has 6 nitrogen and oxygen atoms in total. The van der Waals surface area contributed by atoms with Crippen molar-refractivity contribution in [1.82, 2.24) is 0 Å². The lowest BCUT2D eigenvalue weighted by Gasteiger charge is -2.06. The third kappa shape index (κ3) is 5.31. The predicted molar refractivity (Wildman–Crippen MR) is 108 cm³/mol. The Morgan fingerprint density at radius 1 is 0.964 bits per heavy atom. The third-order valence-corrected chi connectivity index (χ3v) is 4.17. The van der Waals surface area contributed by atoms with Crippen molar-refractivity contribution in [1.29, 1.82) is 0 Å². The van der Waals surface area contributed by atoms with E-state index in [4.69, 9.17) is 16.3 Å². The molecule has 0 saturated heterocycles. The first-order valence-electron chi connectivity index (χ1n) is 8.53. The van der Waals surface area contributed by atoms with Crippen molar-refractivity contribution < 1.29 is 18.9 Å². The Morgan fingerprint density at radius 3 is 2.29 bits per heavy atom. The zero-order valence-corrected chi connectivity index (χ0v) is 15.9. The topological polar surface area (TPSA) is 71.3 Å². The molecule has 7 heteroatoms. The van der Waals surface area contributed by atoms with E-state index in [0.717, 1.165) is 0 Å². The van der Waals surface area contributed by atoms with Gasteiger partial charge in [-0.15, -0.1) is 0 Å². The van der Waals surface area contributed by atoms with Gasteiger partial charge in [-0.1, -0.05) is 11.6 Å². The van der Waals surface area contributed by atoms with E-state index in [9.17, 15) is 9.59 Å². The highest BCUT2D eigenvalue weighted by Gasteiger charge is 2.14. The molecule has 0 atom stereocenters. The summed E-state index contributed by atoms with van der Waals surface area (Å²) in [5.74, 6) is 0.240. The van der Waals surface area contributed by atoms with E-state index in [0.29, 0.717) is 27.7 Å². The van der Waals surface area contributed by atoms with Crippen LogP contribution in [-0.2, 0) is 11.3 Å². The minimum Gasteiger partial charge on any atom is -0.497 e. The molecule has 0 saturated carbocycles. The van der Waals surface area contributed by atoms with Gasteiger partial charge in [0.1, 0.15) is 11.3 Å². The van der Waals surface area contributed by atoms with Crippen molar-refractivity contribution in [3.63, 3.8) is 0 Å². The van der Waals surface area contributed by atoms with Crippen LogP contribution in [0.3, 0.4) is 0 Å². The summed E-state index contributed by atoms with van der Waals surface area (Å²) in [5.41, 5.74) is 1.75. The van der Waals surface area contributed by atoms with E-state index in [2.05, 4.69) is 10.6 Å². The lowest BCUT2D eigenvalue weighted by molar-refractivity contribution is -0.684. The number of nitrogens with zero attached hydrogens (tertiary/aromatic N) is 1. The number of rotatable bonds is 6. The Kier molecular flexibility index (Phi) is 6.24. The lowest BCUT2D eigenvalue weighted by Crippen LogP contribution is -2.40. The number of methoxy groups -OCH3 is 1. The number of pyridine rings is 1. The number of nitrogens with one attached hydrogen (secondary N) is 2. The van der Waals surface area contributed by atoms with Gasteiger partial charge in [-0.25, -0.2) is 0 Å². The normalized spacial score (nSPS) is 10.2. The second-order valence-corrected chi connectivity index (χ2v) is 6.44. The minimum absolute atomic E-state index is 0.0775. The maximum atomic E-state index is 12.4. The predicted octanol–water partition coefficient (Wildman–Crippen LogP) is 3.53. The number of anilines is 2. The highest BCUT2D eigenvalue weighted by atomic mass is 35.5. The van der Waals surface area contributed by atoms with Gasteiger partial charge in [0.15, 0.2) is 12.4 Å². The van der Waals surface area contributed by atoms with Gasteiger partial charge >= 0.3 is 0 Å². The number of benzene rings is 2. The number of aromatic nitrogens is 1. The SMILES string of the molecule is COc1ccc(NC(=O)C[n+]2cccc(C(=O)Nc3ccc(Cl)cc3)c2)cc1. The molecule has 3 aromatic rings. The number of carbonyl (C=O) groups excluding carboxylic acids is 2. The summed E-state index contributed by atoms with van der Waals surface area (Å²) in [5, 5.41) is 6.20. The Balaban J connectivity index is 1.62. The average molecular weight is 397 g/mol. The maximum Gasteiger partial charge on any atom is 0.290 e. The molecular formula is C21H19ClN3O3+. The van der Waals surface area contributed by atoms with Crippen molar-refractivity contribution in [2.45, 2.75) is 6.54 Å². The van der Waals surface area contributed by atoms with Crippen LogP contribution < -0.4 is 19.9 Å². The second kappa shape index (κ2) is 9.01. The van der Waals surface area contributed by atoms with Crippen LogP contribution in [0.1, 0.15) is 10.4 Å². The molecule has 0 aliphatic carbocycles. The molecule has 0 bridgehead atoms. The summed E-state index contributed by atoms with van der Waals surface area (Å²) >= 11 is 5.85. The molecule has 2 aromatic carbocycles. The van der Waals surface area contributed by atoms with Crippen LogP contribution >= 0.6 is 11.6 Å². The Labute approximate surface area is 167 Å². The van der Waals surface area contributed by atoms with E-state index in [1.54, 1.807) is 84.7 Å². The largest absolute Gasteiger partial charge is 0.497 e. The van der Waals surface area contributed by atoms with Gasteiger partial charge in [0.2, 0.25) is 6.54 Å². The van der Waals surface area contributed by atoms with E-state index in [-0.39, 0.29) is 18.4 Å². The fourth-order valence-electron chi connectivity index (χ4n) is 2.53. The van der Waals surface area contributed by atoms with Crippen LogP contribution in [0.15, 0.2) is 73.1 Å². The standard InChI is InChI=1S/C21H18ClN3O3/c1-28-19-10-8-17(9-11-19)23-20(26)14-25-12-2-3-15(13-25)21(27)24-18-6-4-16(22)5-7-18/h2-13H,14H2,1H3,(H-,23,24,26,27)/p+1. The van der Waals surface area contributed by atoms with Crippen molar-refractivity contribution in [2.75, 3.05) is 17.7 Å². The highest BCUT2D eigenvalue weighted by Crippen LogP contribution is 2.15. The Hall–Kier alpha value is -3.38. The quantitative estimate of drug-likeness (QED) is 0.626. The third-order valence-electron chi connectivity index (χ3n) is 3.92. The van der Waals surface area contributed by atoms with E-state index in [1.807, 2.05) is 0 Å². The van der Waals surface area contributed by atoms with Gasteiger partial charge in [-0.2, -0.15) is 4.57 Å². The first-order chi connectivity index (χ1) is 13.5. The van der Waals surface area contributed by atoms with Crippen LogP contribution in [0, 0.1) is 0 Å². The number of halogens is 1. The number of hydrogen-bond acceptors (Lipinski definition) is 3. The Bertz CT molecular complexity index is 973. The molecule has 0 fully saturated rings. The fraction of sp³-hybridized carbons (Fsp3) is 0.0952. The van der Waals surface area contributed by atoms with Crippen LogP contribution in [0.5, 0.6) is 5.75 Å². The Morgan fingerprint density at radius 2 is 1.61 bits per heavy atom. The van der Waals surface area contributed by atoms with E-state index >= 15 is 0 Å². The average Bonchev–Trinajstić information content (AvgIpc) is 2.70. The van der Waals surface area contributed by atoms with Crippen LogP contribution in [-0.4, -0.2) is 18.9 Å². The zero-order chi connectivity index (χ0) is 19.9. The van der Waals surface area contributed by atoms with E-state index in [1.165, 1.54) is 0 Å². The van der Waals surface area contributed by atoms with Crippen molar-refractivity contribution in [3.8, 4) is 5.75 Å². The molecule has 0 aliphatic heterocycles. The monoisotopic (exact) mass is 396 g/mol. The molecule has 1 heterocycles.